The predicted molar refractivity (Wildman–Crippen MR) is 137 cm³/mol. The Morgan fingerprint density at radius 3 is 1.29 bits per heavy atom. The quantitative estimate of drug-likeness (QED) is 0.0957. The summed E-state index contributed by atoms with van der Waals surface area (Å²) < 4.78 is 1.44. The zero-order valence-corrected chi connectivity index (χ0v) is 21.9. The fourth-order valence-corrected chi connectivity index (χ4v) is 4.30. The van der Waals surface area contributed by atoms with Crippen molar-refractivity contribution in [3.8, 4) is 5.75 Å². The van der Waals surface area contributed by atoms with Crippen molar-refractivity contribution >= 4 is 11.4 Å². The van der Waals surface area contributed by atoms with Gasteiger partial charge < -0.3 is 9.59 Å². The van der Waals surface area contributed by atoms with E-state index in [1.165, 1.54) is 108 Å². The van der Waals surface area contributed by atoms with Crippen LogP contribution >= 0.6 is 0 Å². The second-order valence-corrected chi connectivity index (χ2v) is 9.20. The molecule has 0 aromatic heterocycles. The lowest BCUT2D eigenvalue weighted by molar-refractivity contribution is -0.929. The summed E-state index contributed by atoms with van der Waals surface area (Å²) in [5.74, 6) is -0.959. The second kappa shape index (κ2) is 19.1. The molecule has 0 radical (unpaired) electrons. The predicted octanol–water partition coefficient (Wildman–Crippen LogP) is 7.14. The molecule has 0 saturated heterocycles. The van der Waals surface area contributed by atoms with Crippen molar-refractivity contribution in [2.75, 3.05) is 26.2 Å². The number of hydrogen-bond acceptors (Lipinski definition) is 5. The standard InChI is InChI=1S/C20H44N.C6H4N2O5/c1-5-9-13-17-21(18-14-10-6-2,19-15-11-7-3)20-16-12-8-4;9-5-3-1-2-4(7(10)11)6(5)8(12)13/h5-20H2,1-4H3;1-3,9H/q+1;/p-1. The smallest absolute Gasteiger partial charge is 0.345 e. The number of nitro benzene ring substituents is 2. The van der Waals surface area contributed by atoms with E-state index >= 15 is 0 Å². The summed E-state index contributed by atoms with van der Waals surface area (Å²) in [7, 11) is 0. The summed E-state index contributed by atoms with van der Waals surface area (Å²) in [5, 5.41) is 31.3. The molecule has 1 aromatic rings. The molecule has 0 atom stereocenters. The highest BCUT2D eigenvalue weighted by Crippen LogP contribution is 2.32. The first-order valence-corrected chi connectivity index (χ1v) is 13.2. The van der Waals surface area contributed by atoms with E-state index in [2.05, 4.69) is 27.7 Å². The Morgan fingerprint density at radius 1 is 0.647 bits per heavy atom. The van der Waals surface area contributed by atoms with Gasteiger partial charge in [0.2, 0.25) is 0 Å². The third-order valence-corrected chi connectivity index (χ3v) is 6.30. The number of unbranched alkanes of at least 4 members (excludes halogenated alkanes) is 8. The average Bonchev–Trinajstić information content (AvgIpc) is 2.79. The van der Waals surface area contributed by atoms with Crippen LogP contribution in [-0.4, -0.2) is 40.5 Å². The molecule has 0 bridgehead atoms. The molecule has 0 aliphatic carbocycles. The average molecular weight is 482 g/mol. The Kier molecular flexibility index (Phi) is 17.9. The maximum absolute atomic E-state index is 10.8. The number of rotatable bonds is 18. The van der Waals surface area contributed by atoms with E-state index in [4.69, 9.17) is 0 Å². The highest BCUT2D eigenvalue weighted by Gasteiger charge is 2.25. The third-order valence-electron chi connectivity index (χ3n) is 6.30. The van der Waals surface area contributed by atoms with Gasteiger partial charge in [-0.05, 0) is 57.1 Å². The molecule has 196 valence electrons. The van der Waals surface area contributed by atoms with Crippen LogP contribution in [0.4, 0.5) is 11.4 Å². The molecule has 8 nitrogen and oxygen atoms in total. The van der Waals surface area contributed by atoms with Gasteiger partial charge in [-0.1, -0.05) is 65.5 Å². The zero-order chi connectivity index (χ0) is 25.8. The molecule has 0 spiro atoms. The topological polar surface area (TPSA) is 109 Å². The van der Waals surface area contributed by atoms with Crippen molar-refractivity contribution in [1.29, 1.82) is 0 Å². The van der Waals surface area contributed by atoms with Crippen LogP contribution in [0.15, 0.2) is 18.2 Å². The zero-order valence-electron chi connectivity index (χ0n) is 21.9. The minimum Gasteiger partial charge on any atom is -0.868 e. The van der Waals surface area contributed by atoms with E-state index in [1.807, 2.05) is 0 Å². The maximum Gasteiger partial charge on any atom is 0.345 e. The summed E-state index contributed by atoms with van der Waals surface area (Å²) in [4.78, 5) is 18.5. The Labute approximate surface area is 206 Å². The minimum atomic E-state index is -1.06. The van der Waals surface area contributed by atoms with E-state index in [9.17, 15) is 25.3 Å². The molecule has 0 unspecified atom stereocenters. The third kappa shape index (κ3) is 12.9. The molecule has 0 saturated carbocycles. The number of quaternary nitrogens is 1. The van der Waals surface area contributed by atoms with Crippen LogP contribution in [-0.2, 0) is 0 Å². The van der Waals surface area contributed by atoms with E-state index in [0.717, 1.165) is 18.2 Å². The van der Waals surface area contributed by atoms with Crippen LogP contribution in [0.3, 0.4) is 0 Å². The molecule has 0 heterocycles. The van der Waals surface area contributed by atoms with E-state index < -0.39 is 27.0 Å². The van der Waals surface area contributed by atoms with Gasteiger partial charge in [0.1, 0.15) is 0 Å². The molecule has 8 heteroatoms. The van der Waals surface area contributed by atoms with Crippen molar-refractivity contribution in [1.82, 2.24) is 0 Å². The van der Waals surface area contributed by atoms with E-state index in [1.54, 1.807) is 0 Å². The molecule has 0 aliphatic rings. The van der Waals surface area contributed by atoms with Crippen LogP contribution in [0.25, 0.3) is 0 Å². The SMILES string of the molecule is CCCCC[N+](CCCCC)(CCCCC)CCCCC.O=[N+]([O-])c1cccc([O-])c1[N+](=O)[O-]. The largest absolute Gasteiger partial charge is 0.868 e. The normalized spacial score (nSPS) is 11.1. The lowest BCUT2D eigenvalue weighted by atomic mass is 10.1. The number of nitrogens with zero attached hydrogens (tertiary/aromatic N) is 3. The molecule has 34 heavy (non-hydrogen) atoms. The van der Waals surface area contributed by atoms with Gasteiger partial charge in [0.25, 0.3) is 0 Å². The van der Waals surface area contributed by atoms with Gasteiger partial charge in [-0.3, -0.25) is 20.2 Å². The summed E-state index contributed by atoms with van der Waals surface area (Å²) >= 11 is 0. The van der Waals surface area contributed by atoms with E-state index in [0.29, 0.717) is 0 Å². The fraction of sp³-hybridized carbons (Fsp3) is 0.769. The van der Waals surface area contributed by atoms with Crippen molar-refractivity contribution < 1.29 is 19.4 Å². The number of para-hydroxylation sites is 1. The van der Waals surface area contributed by atoms with E-state index in [-0.39, 0.29) is 0 Å². The molecular formula is C26H47N3O5. The molecule has 1 aromatic carbocycles. The van der Waals surface area contributed by atoms with Gasteiger partial charge in [-0.2, -0.15) is 0 Å². The lowest BCUT2D eigenvalue weighted by Gasteiger charge is -2.39. The Balaban J connectivity index is 0.000000712. The van der Waals surface area contributed by atoms with Crippen LogP contribution in [0.2, 0.25) is 0 Å². The van der Waals surface area contributed by atoms with Crippen molar-refractivity contribution in [3.63, 3.8) is 0 Å². The first kappa shape index (κ1) is 31.8. The van der Waals surface area contributed by atoms with Crippen molar-refractivity contribution in [2.24, 2.45) is 0 Å². The molecule has 0 amide bonds. The Bertz CT molecular complexity index is 652. The molecule has 0 aliphatic heterocycles. The highest BCUT2D eigenvalue weighted by atomic mass is 16.6. The van der Waals surface area contributed by atoms with Gasteiger partial charge >= 0.3 is 11.4 Å². The monoisotopic (exact) mass is 481 g/mol. The van der Waals surface area contributed by atoms with Crippen LogP contribution in [0.1, 0.15) is 105 Å². The number of nitro groups is 2. The summed E-state index contributed by atoms with van der Waals surface area (Å²) in [6, 6.07) is 2.93. The van der Waals surface area contributed by atoms with Crippen LogP contribution < -0.4 is 5.11 Å². The van der Waals surface area contributed by atoms with Gasteiger partial charge in [-0.15, -0.1) is 0 Å². The van der Waals surface area contributed by atoms with Gasteiger partial charge in [0.15, 0.2) is 0 Å². The fourth-order valence-electron chi connectivity index (χ4n) is 4.30. The van der Waals surface area contributed by atoms with Crippen molar-refractivity contribution in [3.05, 3.63) is 38.4 Å². The van der Waals surface area contributed by atoms with Crippen molar-refractivity contribution in [2.45, 2.75) is 105 Å². The summed E-state index contributed by atoms with van der Waals surface area (Å²) in [5.41, 5.74) is -1.77. The lowest BCUT2D eigenvalue weighted by Crippen LogP contribution is -2.50. The first-order chi connectivity index (χ1) is 16.3. The minimum absolute atomic E-state index is 0.780. The number of hydrogen-bond donors (Lipinski definition) is 0. The second-order valence-electron chi connectivity index (χ2n) is 9.20. The van der Waals surface area contributed by atoms with Gasteiger partial charge in [-0.25, -0.2) is 0 Å². The highest BCUT2D eigenvalue weighted by molar-refractivity contribution is 5.60. The Morgan fingerprint density at radius 2 is 1.03 bits per heavy atom. The summed E-state index contributed by atoms with van der Waals surface area (Å²) in [6.45, 7) is 15.1. The van der Waals surface area contributed by atoms with Gasteiger partial charge in [0.05, 0.1) is 36.0 Å². The molecular weight excluding hydrogens is 434 g/mol. The molecule has 1 rings (SSSR count). The number of benzene rings is 1. The molecule has 0 fully saturated rings. The first-order valence-electron chi connectivity index (χ1n) is 13.2. The Hall–Kier alpha value is -2.22. The van der Waals surface area contributed by atoms with Gasteiger partial charge in [0, 0.05) is 6.07 Å². The summed E-state index contributed by atoms with van der Waals surface area (Å²) in [6.07, 6.45) is 16.9. The maximum atomic E-state index is 10.8. The van der Waals surface area contributed by atoms with Crippen LogP contribution in [0, 0.1) is 20.2 Å². The molecule has 0 N–H and O–H groups in total. The van der Waals surface area contributed by atoms with Crippen LogP contribution in [0.5, 0.6) is 5.75 Å².